The summed E-state index contributed by atoms with van der Waals surface area (Å²) in [6.07, 6.45) is 7.94. The Kier molecular flexibility index (Phi) is 9.05. The van der Waals surface area contributed by atoms with Gasteiger partial charge in [-0.2, -0.15) is 0 Å². The first-order valence-corrected chi connectivity index (χ1v) is 20.6. The molecule has 6 nitrogen and oxygen atoms in total. The van der Waals surface area contributed by atoms with Gasteiger partial charge in [-0.15, -0.1) is 0 Å². The lowest BCUT2D eigenvalue weighted by Crippen LogP contribution is -2.06. The molecule has 2 unspecified atom stereocenters. The maximum atomic E-state index is 7.15. The number of benzene rings is 8. The second-order valence-corrected chi connectivity index (χ2v) is 15.8. The van der Waals surface area contributed by atoms with Crippen LogP contribution < -0.4 is 18.1 Å². The molecule has 0 saturated carbocycles. The third kappa shape index (κ3) is 6.50. The Balaban J connectivity index is 1.14. The predicted octanol–water partition coefficient (Wildman–Crippen LogP) is 14.0. The molecule has 10 rings (SSSR count). The second kappa shape index (κ2) is 14.9. The van der Waals surface area contributed by atoms with Crippen LogP contribution in [0.2, 0.25) is 0 Å². The van der Waals surface area contributed by atoms with Gasteiger partial charge in [0.15, 0.2) is 0 Å². The van der Waals surface area contributed by atoms with Crippen LogP contribution in [0.25, 0.3) is 54.2 Å². The predicted molar refractivity (Wildman–Crippen MR) is 231 cm³/mol. The quantitative estimate of drug-likeness (QED) is 0.123. The molecule has 10 aromatic rings. The van der Waals surface area contributed by atoms with Crippen LogP contribution in [0.5, 0.6) is 23.0 Å². The first kappa shape index (κ1) is 33.9. The number of hydrogen-bond donors (Lipinski definition) is 0. The highest BCUT2D eigenvalue weighted by molar-refractivity contribution is 7.46. The largest absolute Gasteiger partial charge is 0.422 e. The highest BCUT2D eigenvalue weighted by Gasteiger charge is 2.27. The lowest BCUT2D eigenvalue weighted by Gasteiger charge is -2.25. The molecule has 0 fully saturated rings. The molecule has 0 aliphatic carbocycles. The van der Waals surface area contributed by atoms with Gasteiger partial charge in [0.25, 0.3) is 0 Å². The van der Waals surface area contributed by atoms with Crippen LogP contribution in [0.15, 0.2) is 207 Å². The van der Waals surface area contributed by atoms with Crippen LogP contribution in [0.3, 0.4) is 0 Å². The van der Waals surface area contributed by atoms with E-state index in [1.165, 1.54) is 0 Å². The van der Waals surface area contributed by atoms with Crippen LogP contribution in [0, 0.1) is 0 Å². The monoisotopic (exact) mass is 764 g/mol. The molecular weight excluding hydrogens is 730 g/mol. The Bertz CT molecular complexity index is 2750. The third-order valence-electron chi connectivity index (χ3n) is 9.79. The summed E-state index contributed by atoms with van der Waals surface area (Å²) >= 11 is 0. The molecule has 8 heteroatoms. The van der Waals surface area contributed by atoms with Gasteiger partial charge in [-0.25, -0.2) is 0 Å². The highest BCUT2D eigenvalue weighted by Crippen LogP contribution is 2.53. The van der Waals surface area contributed by atoms with Crippen molar-refractivity contribution in [2.75, 3.05) is 0 Å². The summed E-state index contributed by atoms with van der Waals surface area (Å²) in [4.78, 5) is 0. The average Bonchev–Trinajstić information content (AvgIpc) is 4.00. The summed E-state index contributed by atoms with van der Waals surface area (Å²) in [7, 11) is -3.41. The Morgan fingerprint density at radius 1 is 0.268 bits per heavy atom. The molecule has 270 valence electrons. The van der Waals surface area contributed by atoms with E-state index in [1.807, 2.05) is 106 Å². The SMILES string of the molecule is c1ccc2c(OP(Oc3ccc4ccccc4c3-c3c(OP(Oc4cccc5ccccc45)n4cccc4)ccc4ccccc34)n3cccc3)cccc2c1. The minimum atomic E-state index is -1.71. The zero-order valence-electron chi connectivity index (χ0n) is 30.1. The summed E-state index contributed by atoms with van der Waals surface area (Å²) in [5.41, 5.74) is 1.81. The fourth-order valence-corrected chi connectivity index (χ4v) is 9.64. The molecule has 0 spiro atoms. The zero-order valence-corrected chi connectivity index (χ0v) is 31.8. The number of fused-ring (bicyclic) bond motifs is 4. The van der Waals surface area contributed by atoms with Gasteiger partial charge in [-0.05, 0) is 80.8 Å². The topological polar surface area (TPSA) is 46.8 Å². The summed E-state index contributed by atoms with van der Waals surface area (Å²) in [5.74, 6) is 2.85. The molecule has 2 aromatic heterocycles. The second-order valence-electron chi connectivity index (χ2n) is 13.2. The van der Waals surface area contributed by atoms with Crippen LogP contribution in [0.4, 0.5) is 0 Å². The van der Waals surface area contributed by atoms with Crippen LogP contribution in [0.1, 0.15) is 0 Å². The van der Waals surface area contributed by atoms with Gasteiger partial charge in [-0.3, -0.25) is 8.68 Å². The maximum Gasteiger partial charge on any atom is 0.421 e. The van der Waals surface area contributed by atoms with Gasteiger partial charge >= 0.3 is 17.1 Å². The van der Waals surface area contributed by atoms with Gasteiger partial charge in [0.2, 0.25) is 0 Å². The van der Waals surface area contributed by atoms with Crippen molar-refractivity contribution in [3.63, 3.8) is 0 Å². The van der Waals surface area contributed by atoms with Crippen molar-refractivity contribution in [1.29, 1.82) is 0 Å². The van der Waals surface area contributed by atoms with Gasteiger partial charge in [-0.1, -0.05) is 133 Å². The molecule has 56 heavy (non-hydrogen) atoms. The molecule has 0 aliphatic rings. The lowest BCUT2D eigenvalue weighted by molar-refractivity contribution is 0.478. The van der Waals surface area contributed by atoms with Crippen molar-refractivity contribution in [1.82, 2.24) is 8.68 Å². The van der Waals surface area contributed by atoms with Crippen molar-refractivity contribution in [2.45, 2.75) is 0 Å². The van der Waals surface area contributed by atoms with E-state index < -0.39 is 17.1 Å². The number of aromatic nitrogens is 2. The lowest BCUT2D eigenvalue weighted by atomic mass is 9.92. The average molecular weight is 765 g/mol. The van der Waals surface area contributed by atoms with E-state index in [1.54, 1.807) is 0 Å². The molecule has 8 aromatic carbocycles. The normalized spacial score (nSPS) is 12.5. The maximum absolute atomic E-state index is 7.15. The van der Waals surface area contributed by atoms with Crippen molar-refractivity contribution in [2.24, 2.45) is 0 Å². The molecule has 2 atom stereocenters. The fraction of sp³-hybridized carbons (Fsp3) is 0. The van der Waals surface area contributed by atoms with Gasteiger partial charge in [0.05, 0.1) is 0 Å². The molecule has 2 heterocycles. The third-order valence-corrected chi connectivity index (χ3v) is 12.5. The number of hydrogen-bond acceptors (Lipinski definition) is 4. The van der Waals surface area contributed by atoms with E-state index in [0.717, 1.165) is 65.7 Å². The Labute approximate surface area is 326 Å². The summed E-state index contributed by atoms with van der Waals surface area (Å²) in [6, 6.07) is 61.8. The minimum Gasteiger partial charge on any atom is -0.422 e. The van der Waals surface area contributed by atoms with Crippen molar-refractivity contribution >= 4 is 60.1 Å². The van der Waals surface area contributed by atoms with Crippen molar-refractivity contribution in [3.8, 4) is 34.1 Å². The molecule has 0 aliphatic heterocycles. The summed E-state index contributed by atoms with van der Waals surface area (Å²) < 4.78 is 32.0. The smallest absolute Gasteiger partial charge is 0.421 e. The molecule has 0 bridgehead atoms. The van der Waals surface area contributed by atoms with Crippen LogP contribution >= 0.6 is 17.1 Å². The van der Waals surface area contributed by atoms with Crippen LogP contribution in [-0.2, 0) is 0 Å². The van der Waals surface area contributed by atoms with Gasteiger partial charge in [0.1, 0.15) is 23.0 Å². The van der Waals surface area contributed by atoms with E-state index in [0.29, 0.717) is 11.5 Å². The molecule has 0 radical (unpaired) electrons. The first-order valence-electron chi connectivity index (χ1n) is 18.3. The Morgan fingerprint density at radius 3 is 1.00 bits per heavy atom. The van der Waals surface area contributed by atoms with Gasteiger partial charge < -0.3 is 18.1 Å². The summed E-state index contributed by atoms with van der Waals surface area (Å²) in [5, 5.41) is 8.45. The number of rotatable bonds is 11. The van der Waals surface area contributed by atoms with E-state index in [2.05, 4.69) is 109 Å². The Hall–Kier alpha value is -6.58. The van der Waals surface area contributed by atoms with Gasteiger partial charge in [0, 0.05) is 46.7 Å². The fourth-order valence-electron chi connectivity index (χ4n) is 7.15. The van der Waals surface area contributed by atoms with E-state index >= 15 is 0 Å². The van der Waals surface area contributed by atoms with Crippen molar-refractivity contribution < 1.29 is 18.1 Å². The highest BCUT2D eigenvalue weighted by atomic mass is 31.2. The molecular formula is C48H34N2O4P2. The van der Waals surface area contributed by atoms with Crippen molar-refractivity contribution in [3.05, 3.63) is 207 Å². The first-order chi connectivity index (χ1) is 27.8. The Morgan fingerprint density at radius 2 is 0.589 bits per heavy atom. The van der Waals surface area contributed by atoms with E-state index in [4.69, 9.17) is 18.1 Å². The molecule has 0 N–H and O–H groups in total. The summed E-state index contributed by atoms with van der Waals surface area (Å²) in [6.45, 7) is 0. The van der Waals surface area contributed by atoms with E-state index in [-0.39, 0.29) is 0 Å². The molecule has 0 amide bonds. The minimum absolute atomic E-state index is 0.671. The van der Waals surface area contributed by atoms with Crippen LogP contribution in [-0.4, -0.2) is 8.68 Å². The standard InChI is InChI=1S/C48H34N2O4P2/c1-5-21-39-35(15-1)19-13-25-43(39)51-55(49-31-9-10-32-49)53-45-29-27-37-17-3-7-23-41(37)47(45)48-42-24-8-4-18-38(42)28-30-46(48)54-56(50-33-11-12-34-50)52-44-26-14-20-36-16-2-6-22-40(36)44/h1-34H. The van der Waals surface area contributed by atoms with E-state index in [9.17, 15) is 0 Å². The number of nitrogens with zero attached hydrogens (tertiary/aromatic N) is 2. The zero-order chi connectivity index (χ0) is 37.3. The molecule has 0 saturated heterocycles.